The second-order valence-corrected chi connectivity index (χ2v) is 4.28. The minimum absolute atomic E-state index is 0.766. The fraction of sp³-hybridized carbons (Fsp3) is 0.444. The average molecular weight is 223 g/mol. The number of thiazole rings is 1. The SMILES string of the molecule is Cc1csc(CNCc2cnnn2C)n1. The fourth-order valence-electron chi connectivity index (χ4n) is 1.25. The molecule has 0 fully saturated rings. The molecule has 15 heavy (non-hydrogen) atoms. The molecule has 2 aromatic heterocycles. The summed E-state index contributed by atoms with van der Waals surface area (Å²) in [7, 11) is 1.89. The van der Waals surface area contributed by atoms with Crippen LogP contribution in [0.3, 0.4) is 0 Å². The minimum Gasteiger partial charge on any atom is -0.305 e. The molecule has 5 nitrogen and oxygen atoms in total. The van der Waals surface area contributed by atoms with E-state index in [0.29, 0.717) is 0 Å². The summed E-state index contributed by atoms with van der Waals surface area (Å²) in [5, 5.41) is 14.1. The maximum atomic E-state index is 4.37. The molecule has 0 amide bonds. The van der Waals surface area contributed by atoms with E-state index in [9.17, 15) is 0 Å². The van der Waals surface area contributed by atoms with Gasteiger partial charge in [0.15, 0.2) is 0 Å². The summed E-state index contributed by atoms with van der Waals surface area (Å²) in [5.41, 5.74) is 2.15. The van der Waals surface area contributed by atoms with Gasteiger partial charge in [-0.25, -0.2) is 4.98 Å². The van der Waals surface area contributed by atoms with Gasteiger partial charge in [0.2, 0.25) is 0 Å². The second kappa shape index (κ2) is 4.50. The van der Waals surface area contributed by atoms with Gasteiger partial charge in [-0.15, -0.1) is 16.4 Å². The van der Waals surface area contributed by atoms with Crippen LogP contribution < -0.4 is 5.32 Å². The largest absolute Gasteiger partial charge is 0.305 e. The van der Waals surface area contributed by atoms with Gasteiger partial charge in [0, 0.05) is 31.2 Å². The highest BCUT2D eigenvalue weighted by Gasteiger charge is 2.01. The monoisotopic (exact) mass is 223 g/mol. The maximum absolute atomic E-state index is 4.37. The molecule has 0 aliphatic carbocycles. The Bertz CT molecular complexity index is 433. The number of rotatable bonds is 4. The molecule has 0 aliphatic heterocycles. The third-order valence-corrected chi connectivity index (χ3v) is 3.02. The van der Waals surface area contributed by atoms with Crippen LogP contribution >= 0.6 is 11.3 Å². The summed E-state index contributed by atoms with van der Waals surface area (Å²) in [5.74, 6) is 0. The van der Waals surface area contributed by atoms with Crippen LogP contribution in [0, 0.1) is 6.92 Å². The first kappa shape index (κ1) is 10.3. The second-order valence-electron chi connectivity index (χ2n) is 3.34. The van der Waals surface area contributed by atoms with Crippen molar-refractivity contribution in [2.75, 3.05) is 0 Å². The summed E-state index contributed by atoms with van der Waals surface area (Å²) >= 11 is 1.68. The molecule has 0 saturated carbocycles. The van der Waals surface area contributed by atoms with Crippen LogP contribution in [0.2, 0.25) is 0 Å². The van der Waals surface area contributed by atoms with Gasteiger partial charge in [0.25, 0.3) is 0 Å². The highest BCUT2D eigenvalue weighted by atomic mass is 32.1. The number of hydrogen-bond acceptors (Lipinski definition) is 5. The summed E-state index contributed by atoms with van der Waals surface area (Å²) in [6, 6.07) is 0. The van der Waals surface area contributed by atoms with Crippen LogP contribution in [0.5, 0.6) is 0 Å². The van der Waals surface area contributed by atoms with Gasteiger partial charge in [-0.3, -0.25) is 4.68 Å². The number of nitrogens with zero attached hydrogens (tertiary/aromatic N) is 4. The Balaban J connectivity index is 1.83. The van der Waals surface area contributed by atoms with E-state index in [-0.39, 0.29) is 0 Å². The minimum atomic E-state index is 0.766. The molecule has 2 rings (SSSR count). The first-order valence-corrected chi connectivity index (χ1v) is 5.59. The zero-order valence-electron chi connectivity index (χ0n) is 8.77. The van der Waals surface area contributed by atoms with E-state index >= 15 is 0 Å². The van der Waals surface area contributed by atoms with Crippen LogP contribution in [-0.4, -0.2) is 20.0 Å². The zero-order valence-corrected chi connectivity index (χ0v) is 9.58. The summed E-state index contributed by atoms with van der Waals surface area (Å²) in [6.45, 7) is 3.57. The lowest BCUT2D eigenvalue weighted by atomic mass is 10.4. The van der Waals surface area contributed by atoms with Crippen molar-refractivity contribution in [2.24, 2.45) is 7.05 Å². The Morgan fingerprint density at radius 3 is 2.93 bits per heavy atom. The first-order valence-electron chi connectivity index (χ1n) is 4.71. The van der Waals surface area contributed by atoms with Crippen LogP contribution in [-0.2, 0) is 20.1 Å². The Morgan fingerprint density at radius 1 is 1.47 bits per heavy atom. The van der Waals surface area contributed by atoms with Gasteiger partial charge in [0.1, 0.15) is 5.01 Å². The molecule has 0 atom stereocenters. The molecule has 1 N–H and O–H groups in total. The van der Waals surface area contributed by atoms with Gasteiger partial charge in [0.05, 0.1) is 11.9 Å². The van der Waals surface area contributed by atoms with Gasteiger partial charge in [-0.1, -0.05) is 5.21 Å². The van der Waals surface area contributed by atoms with Crippen molar-refractivity contribution in [3.63, 3.8) is 0 Å². The fourth-order valence-corrected chi connectivity index (χ4v) is 1.99. The Hall–Kier alpha value is -1.27. The molecule has 0 saturated heterocycles. The van der Waals surface area contributed by atoms with E-state index in [2.05, 4.69) is 26.0 Å². The van der Waals surface area contributed by atoms with Crippen molar-refractivity contribution in [1.29, 1.82) is 0 Å². The van der Waals surface area contributed by atoms with Crippen LogP contribution in [0.25, 0.3) is 0 Å². The zero-order chi connectivity index (χ0) is 10.7. The van der Waals surface area contributed by atoms with Crippen molar-refractivity contribution in [3.8, 4) is 0 Å². The van der Waals surface area contributed by atoms with Gasteiger partial charge in [-0.05, 0) is 6.92 Å². The van der Waals surface area contributed by atoms with Gasteiger partial charge >= 0.3 is 0 Å². The third-order valence-electron chi connectivity index (χ3n) is 2.06. The number of nitrogens with one attached hydrogen (secondary N) is 1. The molecule has 2 heterocycles. The quantitative estimate of drug-likeness (QED) is 0.835. The topological polar surface area (TPSA) is 55.6 Å². The van der Waals surface area contributed by atoms with E-state index in [1.165, 1.54) is 0 Å². The summed E-state index contributed by atoms with van der Waals surface area (Å²) in [6.07, 6.45) is 1.76. The standard InChI is InChI=1S/C9H13N5S/c1-7-6-15-9(12-7)5-10-3-8-4-11-13-14(8)2/h4,6,10H,3,5H2,1-2H3. The molecule has 0 spiro atoms. The maximum Gasteiger partial charge on any atom is 0.107 e. The van der Waals surface area contributed by atoms with Crippen LogP contribution in [0.15, 0.2) is 11.6 Å². The predicted octanol–water partition coefficient (Wildman–Crippen LogP) is 0.870. The highest BCUT2D eigenvalue weighted by Crippen LogP contribution is 2.08. The Labute approximate surface area is 92.2 Å². The van der Waals surface area contributed by atoms with Crippen LogP contribution in [0.1, 0.15) is 16.4 Å². The van der Waals surface area contributed by atoms with Crippen molar-refractivity contribution in [2.45, 2.75) is 20.0 Å². The summed E-state index contributed by atoms with van der Waals surface area (Å²) < 4.78 is 1.76. The molecule has 80 valence electrons. The number of aryl methyl sites for hydroxylation is 2. The smallest absolute Gasteiger partial charge is 0.107 e. The molecule has 0 aliphatic rings. The average Bonchev–Trinajstić information content (AvgIpc) is 2.77. The Morgan fingerprint density at radius 2 is 2.33 bits per heavy atom. The lowest BCUT2D eigenvalue weighted by Gasteiger charge is -2.01. The van der Waals surface area contributed by atoms with Crippen molar-refractivity contribution >= 4 is 11.3 Å². The van der Waals surface area contributed by atoms with Gasteiger partial charge in [-0.2, -0.15) is 0 Å². The molecule has 0 unspecified atom stereocenters. The third kappa shape index (κ3) is 2.60. The highest BCUT2D eigenvalue weighted by molar-refractivity contribution is 7.09. The Kier molecular flexibility index (Phi) is 3.08. The van der Waals surface area contributed by atoms with Crippen molar-refractivity contribution in [3.05, 3.63) is 28.0 Å². The van der Waals surface area contributed by atoms with E-state index in [1.54, 1.807) is 22.2 Å². The van der Waals surface area contributed by atoms with E-state index < -0.39 is 0 Å². The lowest BCUT2D eigenvalue weighted by molar-refractivity contribution is 0.615. The lowest BCUT2D eigenvalue weighted by Crippen LogP contribution is -2.15. The first-order chi connectivity index (χ1) is 7.25. The van der Waals surface area contributed by atoms with Gasteiger partial charge < -0.3 is 5.32 Å². The molecule has 0 aromatic carbocycles. The van der Waals surface area contributed by atoms with E-state index in [1.807, 2.05) is 14.0 Å². The number of hydrogen-bond donors (Lipinski definition) is 1. The van der Waals surface area contributed by atoms with Crippen LogP contribution in [0.4, 0.5) is 0 Å². The molecular weight excluding hydrogens is 210 g/mol. The molecular formula is C9H13N5S. The molecule has 6 heteroatoms. The van der Waals surface area contributed by atoms with Crippen molar-refractivity contribution in [1.82, 2.24) is 25.3 Å². The van der Waals surface area contributed by atoms with E-state index in [0.717, 1.165) is 29.5 Å². The number of aromatic nitrogens is 4. The normalized spacial score (nSPS) is 10.8. The molecule has 0 bridgehead atoms. The molecule has 2 aromatic rings. The predicted molar refractivity (Wildman–Crippen MR) is 58.4 cm³/mol. The van der Waals surface area contributed by atoms with Crippen molar-refractivity contribution < 1.29 is 0 Å². The summed E-state index contributed by atoms with van der Waals surface area (Å²) in [4.78, 5) is 4.37. The molecule has 0 radical (unpaired) electrons. The van der Waals surface area contributed by atoms with E-state index in [4.69, 9.17) is 0 Å².